The van der Waals surface area contributed by atoms with E-state index < -0.39 is 17.9 Å². The summed E-state index contributed by atoms with van der Waals surface area (Å²) in [6.45, 7) is 6.04. The fourth-order valence-electron chi connectivity index (χ4n) is 2.52. The van der Waals surface area contributed by atoms with Crippen molar-refractivity contribution in [3.63, 3.8) is 0 Å². The third-order valence-electron chi connectivity index (χ3n) is 4.07. The summed E-state index contributed by atoms with van der Waals surface area (Å²) in [6, 6.07) is 6.73. The number of rotatable bonds is 9. The molecule has 2 atom stereocenters. The first-order valence-corrected chi connectivity index (χ1v) is 8.57. The van der Waals surface area contributed by atoms with Crippen LogP contribution in [0.1, 0.15) is 50.7 Å². The molecule has 0 saturated heterocycles. The topological polar surface area (TPSA) is 95.5 Å². The Morgan fingerprint density at radius 2 is 1.68 bits per heavy atom. The zero-order chi connectivity index (χ0) is 19.0. The van der Waals surface area contributed by atoms with Gasteiger partial charge in [-0.2, -0.15) is 0 Å². The van der Waals surface area contributed by atoms with E-state index in [1.54, 1.807) is 6.92 Å². The predicted octanol–water partition coefficient (Wildman–Crippen LogP) is 2.08. The van der Waals surface area contributed by atoms with Crippen molar-refractivity contribution in [3.8, 4) is 0 Å². The summed E-state index contributed by atoms with van der Waals surface area (Å²) in [4.78, 5) is 34.9. The van der Waals surface area contributed by atoms with E-state index in [1.165, 1.54) is 12.6 Å². The van der Waals surface area contributed by atoms with Gasteiger partial charge in [0.25, 0.3) is 0 Å². The van der Waals surface area contributed by atoms with Crippen LogP contribution >= 0.6 is 0 Å². The highest BCUT2D eigenvalue weighted by molar-refractivity contribution is 5.88. The monoisotopic (exact) mass is 348 g/mol. The Labute approximate surface area is 149 Å². The number of amides is 2. The van der Waals surface area contributed by atoms with Gasteiger partial charge in [-0.05, 0) is 36.8 Å². The molecule has 2 amide bonds. The Kier molecular flexibility index (Phi) is 8.11. The normalized spacial score (nSPS) is 13.2. The lowest BCUT2D eigenvalue weighted by Gasteiger charge is -2.18. The molecule has 6 nitrogen and oxygen atoms in total. The first-order valence-electron chi connectivity index (χ1n) is 8.57. The molecule has 25 heavy (non-hydrogen) atoms. The lowest BCUT2D eigenvalue weighted by Crippen LogP contribution is -2.43. The van der Waals surface area contributed by atoms with Gasteiger partial charge in [0.2, 0.25) is 11.8 Å². The quantitative estimate of drug-likeness (QED) is 0.637. The van der Waals surface area contributed by atoms with Gasteiger partial charge in [0.05, 0.1) is 5.92 Å². The molecule has 0 aliphatic heterocycles. The second kappa shape index (κ2) is 9.81. The van der Waals surface area contributed by atoms with E-state index >= 15 is 0 Å². The Morgan fingerprint density at radius 3 is 2.16 bits per heavy atom. The zero-order valence-electron chi connectivity index (χ0n) is 15.3. The predicted molar refractivity (Wildman–Crippen MR) is 96.3 cm³/mol. The van der Waals surface area contributed by atoms with Gasteiger partial charge in [-0.15, -0.1) is 0 Å². The molecule has 1 aromatic carbocycles. The summed E-state index contributed by atoms with van der Waals surface area (Å²) >= 11 is 0. The summed E-state index contributed by atoms with van der Waals surface area (Å²) in [5.41, 5.74) is 2.04. The zero-order valence-corrected chi connectivity index (χ0v) is 15.3. The standard InChI is InChI=1S/C19H28N2O4/c1-12(2)11-14-5-7-15(8-6-14)13(3)18(23)21-16(19(24)25)9-10-17(22)20-4/h5-8,12-13,16H,9-11H2,1-4H3,(H,20,22)(H,21,23)(H,24,25)/t13?,16-/m0/s1. The van der Waals surface area contributed by atoms with Crippen molar-refractivity contribution in [3.05, 3.63) is 35.4 Å². The van der Waals surface area contributed by atoms with E-state index in [1.807, 2.05) is 24.3 Å². The number of carbonyl (C=O) groups is 3. The van der Waals surface area contributed by atoms with Crippen LogP contribution < -0.4 is 10.6 Å². The minimum Gasteiger partial charge on any atom is -0.480 e. The van der Waals surface area contributed by atoms with Gasteiger partial charge in [-0.1, -0.05) is 38.1 Å². The molecular formula is C19H28N2O4. The molecule has 1 aromatic rings. The van der Waals surface area contributed by atoms with E-state index in [0.717, 1.165) is 12.0 Å². The Balaban J connectivity index is 2.69. The molecule has 0 aliphatic rings. The van der Waals surface area contributed by atoms with Crippen molar-refractivity contribution in [1.82, 2.24) is 10.6 Å². The number of hydrogen-bond donors (Lipinski definition) is 3. The summed E-state index contributed by atoms with van der Waals surface area (Å²) in [5, 5.41) is 14.2. The van der Waals surface area contributed by atoms with Crippen LogP contribution in [0.25, 0.3) is 0 Å². The van der Waals surface area contributed by atoms with Crippen LogP contribution in [0.15, 0.2) is 24.3 Å². The SMILES string of the molecule is CNC(=O)CC[C@H](NC(=O)C(C)c1ccc(CC(C)C)cc1)C(=O)O. The molecule has 0 spiro atoms. The fraction of sp³-hybridized carbons (Fsp3) is 0.526. The summed E-state index contributed by atoms with van der Waals surface area (Å²) in [6.07, 6.45) is 1.08. The highest BCUT2D eigenvalue weighted by atomic mass is 16.4. The number of aliphatic carboxylic acids is 1. The number of benzene rings is 1. The first-order chi connectivity index (χ1) is 11.7. The van der Waals surface area contributed by atoms with Crippen LogP contribution in [0.5, 0.6) is 0 Å². The van der Waals surface area contributed by atoms with Crippen molar-refractivity contribution >= 4 is 17.8 Å². The highest BCUT2D eigenvalue weighted by Gasteiger charge is 2.24. The highest BCUT2D eigenvalue weighted by Crippen LogP contribution is 2.18. The number of hydrogen-bond acceptors (Lipinski definition) is 3. The molecule has 0 radical (unpaired) electrons. The smallest absolute Gasteiger partial charge is 0.326 e. The average Bonchev–Trinajstić information content (AvgIpc) is 2.57. The number of carbonyl (C=O) groups excluding carboxylic acids is 2. The minimum atomic E-state index is -1.14. The molecular weight excluding hydrogens is 320 g/mol. The number of carboxylic acid groups (broad SMARTS) is 1. The largest absolute Gasteiger partial charge is 0.480 e. The van der Waals surface area contributed by atoms with Gasteiger partial charge in [-0.3, -0.25) is 9.59 Å². The molecule has 0 fully saturated rings. The van der Waals surface area contributed by atoms with Crippen LogP contribution in [0, 0.1) is 5.92 Å². The molecule has 3 N–H and O–H groups in total. The maximum absolute atomic E-state index is 12.4. The number of nitrogens with one attached hydrogen (secondary N) is 2. The van der Waals surface area contributed by atoms with Crippen molar-refractivity contribution < 1.29 is 19.5 Å². The van der Waals surface area contributed by atoms with E-state index in [4.69, 9.17) is 0 Å². The van der Waals surface area contributed by atoms with Crippen LogP contribution in [-0.2, 0) is 20.8 Å². The van der Waals surface area contributed by atoms with Gasteiger partial charge in [-0.25, -0.2) is 4.79 Å². The van der Waals surface area contributed by atoms with Crippen LogP contribution in [0.2, 0.25) is 0 Å². The number of carboxylic acids is 1. The van der Waals surface area contributed by atoms with Crippen LogP contribution in [-0.4, -0.2) is 36.0 Å². The molecule has 0 bridgehead atoms. The maximum Gasteiger partial charge on any atom is 0.326 e. The molecule has 1 unspecified atom stereocenters. The molecule has 0 saturated carbocycles. The van der Waals surface area contributed by atoms with Gasteiger partial charge < -0.3 is 15.7 Å². The van der Waals surface area contributed by atoms with E-state index in [9.17, 15) is 19.5 Å². The lowest BCUT2D eigenvalue weighted by atomic mass is 9.96. The minimum absolute atomic E-state index is 0.0476. The summed E-state index contributed by atoms with van der Waals surface area (Å²) < 4.78 is 0. The molecule has 0 aliphatic carbocycles. The maximum atomic E-state index is 12.4. The Morgan fingerprint density at radius 1 is 1.08 bits per heavy atom. The van der Waals surface area contributed by atoms with E-state index in [-0.39, 0.29) is 24.7 Å². The third-order valence-corrected chi connectivity index (χ3v) is 4.07. The van der Waals surface area contributed by atoms with Crippen molar-refractivity contribution in [2.45, 2.75) is 52.0 Å². The first kappa shape index (κ1) is 20.7. The van der Waals surface area contributed by atoms with Crippen molar-refractivity contribution in [2.24, 2.45) is 5.92 Å². The van der Waals surface area contributed by atoms with Gasteiger partial charge >= 0.3 is 5.97 Å². The van der Waals surface area contributed by atoms with Gasteiger partial charge in [0.1, 0.15) is 6.04 Å². The lowest BCUT2D eigenvalue weighted by molar-refractivity contribution is -0.142. The Hall–Kier alpha value is -2.37. The van der Waals surface area contributed by atoms with Crippen LogP contribution in [0.3, 0.4) is 0 Å². The fourth-order valence-corrected chi connectivity index (χ4v) is 2.52. The van der Waals surface area contributed by atoms with Gasteiger partial charge in [0, 0.05) is 13.5 Å². The van der Waals surface area contributed by atoms with Crippen LogP contribution in [0.4, 0.5) is 0 Å². The Bertz CT molecular complexity index is 596. The summed E-state index contributed by atoms with van der Waals surface area (Å²) in [7, 11) is 1.49. The molecule has 1 rings (SSSR count). The summed E-state index contributed by atoms with van der Waals surface area (Å²) in [5.74, 6) is -1.66. The van der Waals surface area contributed by atoms with Gasteiger partial charge in [0.15, 0.2) is 0 Å². The second-order valence-electron chi connectivity index (χ2n) is 6.67. The molecule has 6 heteroatoms. The molecule has 0 heterocycles. The second-order valence-corrected chi connectivity index (χ2v) is 6.67. The van der Waals surface area contributed by atoms with Crippen molar-refractivity contribution in [2.75, 3.05) is 7.05 Å². The van der Waals surface area contributed by atoms with E-state index in [0.29, 0.717) is 5.92 Å². The van der Waals surface area contributed by atoms with E-state index in [2.05, 4.69) is 24.5 Å². The van der Waals surface area contributed by atoms with Crippen molar-refractivity contribution in [1.29, 1.82) is 0 Å². The third kappa shape index (κ3) is 6.95. The molecule has 0 aromatic heterocycles. The molecule has 138 valence electrons. The average molecular weight is 348 g/mol.